The smallest absolute Gasteiger partial charge is 0.293 e. The highest BCUT2D eigenvalue weighted by Crippen LogP contribution is 2.25. The Balaban J connectivity index is 1.97. The number of para-hydroxylation sites is 1. The molecule has 0 radical (unpaired) electrons. The van der Waals surface area contributed by atoms with Crippen molar-refractivity contribution in [2.45, 2.75) is 6.54 Å². The van der Waals surface area contributed by atoms with E-state index in [4.69, 9.17) is 16.4 Å². The Bertz CT molecular complexity index is 1330. The van der Waals surface area contributed by atoms with Gasteiger partial charge in [-0.3, -0.25) is 19.0 Å². The van der Waals surface area contributed by atoms with Crippen molar-refractivity contribution in [3.05, 3.63) is 99.2 Å². The summed E-state index contributed by atoms with van der Waals surface area (Å²) in [6, 6.07) is 18.4. The minimum Gasteiger partial charge on any atom is -0.331 e. The molecule has 2 heterocycles. The van der Waals surface area contributed by atoms with Crippen LogP contribution in [0.3, 0.4) is 0 Å². The van der Waals surface area contributed by atoms with E-state index >= 15 is 0 Å². The van der Waals surface area contributed by atoms with Crippen molar-refractivity contribution in [1.29, 1.82) is 0 Å². The van der Waals surface area contributed by atoms with Crippen molar-refractivity contribution >= 4 is 28.5 Å². The monoisotopic (exact) mass is 439 g/mol. The third-order valence-corrected chi connectivity index (χ3v) is 5.37. The lowest BCUT2D eigenvalue weighted by molar-refractivity contribution is -0.0762. The first kappa shape index (κ1) is 20.8. The van der Waals surface area contributed by atoms with Crippen LogP contribution in [0.1, 0.15) is 16.1 Å². The topological polar surface area (TPSA) is 56.5 Å². The Morgan fingerprint density at radius 2 is 1.81 bits per heavy atom. The van der Waals surface area contributed by atoms with Gasteiger partial charge in [-0.1, -0.05) is 35.9 Å². The Morgan fingerprint density at radius 3 is 2.48 bits per heavy atom. The number of nitrogens with zero attached hydrogens (tertiary/aromatic N) is 3. The summed E-state index contributed by atoms with van der Waals surface area (Å²) >= 11 is 5.95. The molecule has 0 aliphatic heterocycles. The molecule has 158 valence electrons. The number of pyridine rings is 1. The zero-order chi connectivity index (χ0) is 22.1. The highest BCUT2D eigenvalue weighted by atomic mass is 35.5. The van der Waals surface area contributed by atoms with E-state index in [-0.39, 0.29) is 23.0 Å². The van der Waals surface area contributed by atoms with Crippen LogP contribution in [-0.4, -0.2) is 34.3 Å². The van der Waals surface area contributed by atoms with Crippen LogP contribution >= 0.6 is 11.6 Å². The third kappa shape index (κ3) is 3.85. The number of aromatic nitrogens is 2. The number of hydrogen-bond donors (Lipinski definition) is 0. The van der Waals surface area contributed by atoms with Gasteiger partial charge in [0.05, 0.1) is 23.2 Å². The number of hydroxylamine groups is 2. The standard InChI is InChI=1S/C23H19ClFN3O3/c1-26(31-2)23(30)21-13-20-19(27(21)14-15-8-9-18(25)17(24)12-15)10-11-22(29)28(20)16-6-4-3-5-7-16/h3-13H,14H2,1-2H3. The molecule has 0 unspecified atom stereocenters. The molecule has 2 aromatic carbocycles. The minimum absolute atomic E-state index is 0.00274. The molecule has 0 aliphatic carbocycles. The lowest BCUT2D eigenvalue weighted by atomic mass is 10.2. The molecule has 1 amide bonds. The van der Waals surface area contributed by atoms with Gasteiger partial charge in [-0.2, -0.15) is 0 Å². The lowest BCUT2D eigenvalue weighted by Gasteiger charge is -2.16. The SMILES string of the molecule is CON(C)C(=O)c1cc2c(ccc(=O)n2-c2ccccc2)n1Cc1ccc(F)c(Cl)c1. The van der Waals surface area contributed by atoms with E-state index in [1.807, 2.05) is 30.3 Å². The number of amides is 1. The predicted molar refractivity (Wildman–Crippen MR) is 117 cm³/mol. The summed E-state index contributed by atoms with van der Waals surface area (Å²) in [5, 5.41) is 1.10. The molecule has 31 heavy (non-hydrogen) atoms. The number of fused-ring (bicyclic) bond motifs is 1. The van der Waals surface area contributed by atoms with Crippen LogP contribution in [0.5, 0.6) is 0 Å². The first-order chi connectivity index (χ1) is 14.9. The molecule has 4 rings (SSSR count). The Kier molecular flexibility index (Phi) is 5.63. The average molecular weight is 440 g/mol. The summed E-state index contributed by atoms with van der Waals surface area (Å²) in [6.45, 7) is 0.245. The van der Waals surface area contributed by atoms with Crippen LogP contribution in [0, 0.1) is 5.82 Å². The fourth-order valence-corrected chi connectivity index (χ4v) is 3.71. The van der Waals surface area contributed by atoms with Crippen LogP contribution in [0.2, 0.25) is 5.02 Å². The first-order valence-corrected chi connectivity index (χ1v) is 9.85. The Hall–Kier alpha value is -3.42. The van der Waals surface area contributed by atoms with Crippen LogP contribution in [0.25, 0.3) is 16.7 Å². The van der Waals surface area contributed by atoms with Gasteiger partial charge in [-0.05, 0) is 42.0 Å². The van der Waals surface area contributed by atoms with Gasteiger partial charge in [0.1, 0.15) is 11.5 Å². The number of hydrogen-bond acceptors (Lipinski definition) is 3. The van der Waals surface area contributed by atoms with Gasteiger partial charge in [0.2, 0.25) is 0 Å². The van der Waals surface area contributed by atoms with E-state index in [0.717, 1.165) is 5.06 Å². The molecule has 0 fully saturated rings. The van der Waals surface area contributed by atoms with Gasteiger partial charge in [-0.25, -0.2) is 9.45 Å². The quantitative estimate of drug-likeness (QED) is 0.436. The molecule has 4 aromatic rings. The summed E-state index contributed by atoms with van der Waals surface area (Å²) < 4.78 is 16.9. The summed E-state index contributed by atoms with van der Waals surface area (Å²) in [7, 11) is 2.90. The summed E-state index contributed by atoms with van der Waals surface area (Å²) in [6.07, 6.45) is 0. The maximum atomic E-state index is 13.6. The molecule has 0 bridgehead atoms. The first-order valence-electron chi connectivity index (χ1n) is 9.47. The van der Waals surface area contributed by atoms with Crippen molar-refractivity contribution < 1.29 is 14.0 Å². The number of benzene rings is 2. The maximum Gasteiger partial charge on any atom is 0.293 e. The van der Waals surface area contributed by atoms with E-state index in [0.29, 0.717) is 28.0 Å². The summed E-state index contributed by atoms with van der Waals surface area (Å²) in [5.41, 5.74) is 2.71. The van der Waals surface area contributed by atoms with Crippen molar-refractivity contribution in [3.63, 3.8) is 0 Å². The van der Waals surface area contributed by atoms with Gasteiger partial charge in [0.15, 0.2) is 0 Å². The van der Waals surface area contributed by atoms with Gasteiger partial charge < -0.3 is 4.57 Å². The van der Waals surface area contributed by atoms with E-state index in [1.165, 1.54) is 32.4 Å². The molecule has 0 saturated carbocycles. The molecule has 0 aliphatic rings. The van der Waals surface area contributed by atoms with Gasteiger partial charge in [-0.15, -0.1) is 0 Å². The molecule has 0 atom stereocenters. The molecule has 0 N–H and O–H groups in total. The highest BCUT2D eigenvalue weighted by molar-refractivity contribution is 6.30. The fraction of sp³-hybridized carbons (Fsp3) is 0.130. The predicted octanol–water partition coefficient (Wildman–Crippen LogP) is 4.27. The molecule has 0 spiro atoms. The second-order valence-corrected chi connectivity index (χ2v) is 7.37. The van der Waals surface area contributed by atoms with Crippen LogP contribution < -0.4 is 5.56 Å². The number of carbonyl (C=O) groups is 1. The Labute approximate surface area is 182 Å². The number of rotatable bonds is 5. The van der Waals surface area contributed by atoms with Crippen molar-refractivity contribution in [1.82, 2.24) is 14.2 Å². The van der Waals surface area contributed by atoms with E-state index in [9.17, 15) is 14.0 Å². The molecule has 6 nitrogen and oxygen atoms in total. The maximum absolute atomic E-state index is 13.6. The van der Waals surface area contributed by atoms with Crippen LogP contribution in [0.15, 0.2) is 71.5 Å². The molecular weight excluding hydrogens is 421 g/mol. The zero-order valence-electron chi connectivity index (χ0n) is 16.9. The molecule has 0 saturated heterocycles. The van der Waals surface area contributed by atoms with Crippen molar-refractivity contribution in [3.8, 4) is 5.69 Å². The fourth-order valence-electron chi connectivity index (χ4n) is 3.50. The van der Waals surface area contributed by atoms with E-state index in [1.54, 1.807) is 27.3 Å². The van der Waals surface area contributed by atoms with Crippen LogP contribution in [0.4, 0.5) is 4.39 Å². The van der Waals surface area contributed by atoms with E-state index < -0.39 is 5.82 Å². The molecular formula is C23H19ClFN3O3. The Morgan fingerprint density at radius 1 is 1.06 bits per heavy atom. The van der Waals surface area contributed by atoms with Crippen LogP contribution in [-0.2, 0) is 11.4 Å². The molecule has 2 aromatic heterocycles. The zero-order valence-corrected chi connectivity index (χ0v) is 17.6. The second-order valence-electron chi connectivity index (χ2n) is 6.96. The molecule has 8 heteroatoms. The normalized spacial score (nSPS) is 11.1. The van der Waals surface area contributed by atoms with Crippen molar-refractivity contribution in [2.24, 2.45) is 0 Å². The van der Waals surface area contributed by atoms with Crippen molar-refractivity contribution in [2.75, 3.05) is 14.2 Å². The summed E-state index contributed by atoms with van der Waals surface area (Å²) in [5.74, 6) is -0.907. The minimum atomic E-state index is -0.517. The van der Waals surface area contributed by atoms with Gasteiger partial charge in [0, 0.05) is 25.3 Å². The average Bonchev–Trinajstić information content (AvgIpc) is 3.13. The largest absolute Gasteiger partial charge is 0.331 e. The van der Waals surface area contributed by atoms with E-state index in [2.05, 4.69) is 0 Å². The summed E-state index contributed by atoms with van der Waals surface area (Å²) in [4.78, 5) is 30.8. The number of carbonyl (C=O) groups excluding carboxylic acids is 1. The van der Waals surface area contributed by atoms with Gasteiger partial charge >= 0.3 is 0 Å². The number of halogens is 2. The lowest BCUT2D eigenvalue weighted by Crippen LogP contribution is -2.27. The highest BCUT2D eigenvalue weighted by Gasteiger charge is 2.22. The van der Waals surface area contributed by atoms with Gasteiger partial charge in [0.25, 0.3) is 11.5 Å². The third-order valence-electron chi connectivity index (χ3n) is 5.08. The second kappa shape index (κ2) is 8.37.